The minimum Gasteiger partial charge on any atom is -0.310 e. The fourth-order valence-electron chi connectivity index (χ4n) is 2.39. The molecule has 0 aliphatic rings. The molecule has 2 aromatic rings. The van der Waals surface area contributed by atoms with Gasteiger partial charge in [0, 0.05) is 17.7 Å². The van der Waals surface area contributed by atoms with Crippen molar-refractivity contribution in [3.05, 3.63) is 59.7 Å². The van der Waals surface area contributed by atoms with E-state index in [9.17, 15) is 8.78 Å². The van der Waals surface area contributed by atoms with Crippen molar-refractivity contribution >= 4 is 0 Å². The van der Waals surface area contributed by atoms with Crippen LogP contribution in [-0.4, -0.2) is 6.54 Å². The van der Waals surface area contributed by atoms with E-state index in [1.165, 1.54) is 12.1 Å². The van der Waals surface area contributed by atoms with Crippen molar-refractivity contribution in [2.24, 2.45) is 0 Å². The summed E-state index contributed by atoms with van der Waals surface area (Å²) in [6.07, 6.45) is 0.962. The van der Waals surface area contributed by atoms with Crippen molar-refractivity contribution in [1.29, 1.82) is 0 Å². The van der Waals surface area contributed by atoms with Gasteiger partial charge in [-0.25, -0.2) is 8.78 Å². The third kappa shape index (κ3) is 3.23. The van der Waals surface area contributed by atoms with E-state index in [2.05, 4.69) is 19.2 Å². The lowest BCUT2D eigenvalue weighted by molar-refractivity contribution is 0.537. The highest BCUT2D eigenvalue weighted by Gasteiger charge is 2.11. The predicted molar refractivity (Wildman–Crippen MR) is 78.5 cm³/mol. The van der Waals surface area contributed by atoms with Crippen LogP contribution in [0.1, 0.15) is 31.9 Å². The van der Waals surface area contributed by atoms with Gasteiger partial charge in [0.15, 0.2) is 0 Å². The summed E-state index contributed by atoms with van der Waals surface area (Å²) in [5, 5.41) is 3.40. The summed E-state index contributed by atoms with van der Waals surface area (Å²) < 4.78 is 26.8. The van der Waals surface area contributed by atoms with Gasteiger partial charge in [0.05, 0.1) is 0 Å². The van der Waals surface area contributed by atoms with Crippen LogP contribution in [0.4, 0.5) is 8.78 Å². The Balaban J connectivity index is 2.38. The number of rotatable bonds is 5. The van der Waals surface area contributed by atoms with Crippen molar-refractivity contribution in [3.8, 4) is 11.1 Å². The van der Waals surface area contributed by atoms with Crippen LogP contribution in [0.3, 0.4) is 0 Å². The number of hydrogen-bond donors (Lipinski definition) is 1. The van der Waals surface area contributed by atoms with Gasteiger partial charge in [-0.2, -0.15) is 0 Å². The topological polar surface area (TPSA) is 12.0 Å². The Hall–Kier alpha value is -1.74. The minimum absolute atomic E-state index is 0.253. The molecule has 0 aliphatic carbocycles. The van der Waals surface area contributed by atoms with Gasteiger partial charge in [-0.3, -0.25) is 0 Å². The Kier molecular flexibility index (Phi) is 4.85. The molecular formula is C17H19F2N. The summed E-state index contributed by atoms with van der Waals surface area (Å²) in [5.74, 6) is -1.08. The smallest absolute Gasteiger partial charge is 0.133 e. The summed E-state index contributed by atoms with van der Waals surface area (Å²) in [6.45, 7) is 5.05. The molecule has 0 aromatic heterocycles. The van der Waals surface area contributed by atoms with E-state index in [-0.39, 0.29) is 6.04 Å². The predicted octanol–water partition coefficient (Wildman–Crippen LogP) is 4.69. The molecular weight excluding hydrogens is 256 g/mol. The molecule has 0 fully saturated rings. The van der Waals surface area contributed by atoms with Crippen LogP contribution in [0, 0.1) is 11.6 Å². The highest BCUT2D eigenvalue weighted by Crippen LogP contribution is 2.27. The lowest BCUT2D eigenvalue weighted by Crippen LogP contribution is -2.19. The Bertz CT molecular complexity index is 581. The average molecular weight is 275 g/mol. The molecule has 0 saturated carbocycles. The molecule has 1 N–H and O–H groups in total. The van der Waals surface area contributed by atoms with Gasteiger partial charge >= 0.3 is 0 Å². The van der Waals surface area contributed by atoms with Crippen molar-refractivity contribution in [2.75, 3.05) is 6.54 Å². The van der Waals surface area contributed by atoms with E-state index in [1.54, 1.807) is 0 Å². The van der Waals surface area contributed by atoms with Crippen LogP contribution in [0.2, 0.25) is 0 Å². The molecule has 0 heterocycles. The number of halogens is 2. The van der Waals surface area contributed by atoms with Gasteiger partial charge in [-0.1, -0.05) is 32.0 Å². The summed E-state index contributed by atoms with van der Waals surface area (Å²) in [5.41, 5.74) is 2.33. The molecule has 0 amide bonds. The maximum absolute atomic E-state index is 13.8. The second-order valence-corrected chi connectivity index (χ2v) is 4.77. The number of nitrogens with one attached hydrogen (secondary N) is 1. The lowest BCUT2D eigenvalue weighted by atomic mass is 9.98. The third-order valence-electron chi connectivity index (χ3n) is 3.39. The summed E-state index contributed by atoms with van der Waals surface area (Å²) in [7, 11) is 0. The molecule has 0 saturated heterocycles. The zero-order chi connectivity index (χ0) is 14.5. The molecule has 2 rings (SSSR count). The molecule has 0 radical (unpaired) electrons. The Labute approximate surface area is 118 Å². The van der Waals surface area contributed by atoms with Gasteiger partial charge in [0.25, 0.3) is 0 Å². The Morgan fingerprint density at radius 1 is 1.05 bits per heavy atom. The van der Waals surface area contributed by atoms with Gasteiger partial charge in [-0.05, 0) is 42.3 Å². The SMILES string of the molecule is CCNC(CC)c1cccc(-c2ccc(F)cc2F)c1. The normalized spacial score (nSPS) is 12.4. The first-order valence-corrected chi connectivity index (χ1v) is 6.94. The van der Waals surface area contributed by atoms with E-state index in [0.29, 0.717) is 5.56 Å². The Morgan fingerprint density at radius 2 is 1.85 bits per heavy atom. The van der Waals surface area contributed by atoms with E-state index < -0.39 is 11.6 Å². The average Bonchev–Trinajstić information content (AvgIpc) is 2.45. The second kappa shape index (κ2) is 6.62. The van der Waals surface area contributed by atoms with Crippen LogP contribution in [-0.2, 0) is 0 Å². The van der Waals surface area contributed by atoms with E-state index in [1.807, 2.05) is 24.3 Å². The van der Waals surface area contributed by atoms with Crippen molar-refractivity contribution in [2.45, 2.75) is 26.3 Å². The molecule has 20 heavy (non-hydrogen) atoms. The molecule has 0 spiro atoms. The fraction of sp³-hybridized carbons (Fsp3) is 0.294. The van der Waals surface area contributed by atoms with E-state index in [4.69, 9.17) is 0 Å². The summed E-state index contributed by atoms with van der Waals surface area (Å²) >= 11 is 0. The molecule has 2 aromatic carbocycles. The maximum Gasteiger partial charge on any atom is 0.133 e. The highest BCUT2D eigenvalue weighted by molar-refractivity contribution is 5.65. The zero-order valence-corrected chi connectivity index (χ0v) is 11.8. The van der Waals surface area contributed by atoms with Crippen LogP contribution in [0.15, 0.2) is 42.5 Å². The summed E-state index contributed by atoms with van der Waals surface area (Å²) in [6, 6.07) is 11.7. The maximum atomic E-state index is 13.8. The lowest BCUT2D eigenvalue weighted by Gasteiger charge is -2.17. The van der Waals surface area contributed by atoms with Gasteiger partial charge in [-0.15, -0.1) is 0 Å². The van der Waals surface area contributed by atoms with Crippen molar-refractivity contribution < 1.29 is 8.78 Å². The molecule has 1 nitrogen and oxygen atoms in total. The monoisotopic (exact) mass is 275 g/mol. The quantitative estimate of drug-likeness (QED) is 0.834. The fourth-order valence-corrected chi connectivity index (χ4v) is 2.39. The molecule has 1 unspecified atom stereocenters. The van der Waals surface area contributed by atoms with Gasteiger partial charge in [0.1, 0.15) is 11.6 Å². The molecule has 0 aliphatic heterocycles. The van der Waals surface area contributed by atoms with Crippen LogP contribution in [0.25, 0.3) is 11.1 Å². The molecule has 0 bridgehead atoms. The molecule has 106 valence electrons. The standard InChI is InChI=1S/C17H19F2N/c1-3-17(20-4-2)13-7-5-6-12(10-13)15-9-8-14(18)11-16(15)19/h5-11,17,20H,3-4H2,1-2H3. The largest absolute Gasteiger partial charge is 0.310 e. The van der Waals surface area contributed by atoms with Gasteiger partial charge < -0.3 is 5.32 Å². The molecule has 3 heteroatoms. The number of benzene rings is 2. The van der Waals surface area contributed by atoms with Crippen LogP contribution >= 0.6 is 0 Å². The van der Waals surface area contributed by atoms with E-state index in [0.717, 1.165) is 30.2 Å². The Morgan fingerprint density at radius 3 is 2.50 bits per heavy atom. The zero-order valence-electron chi connectivity index (χ0n) is 11.8. The van der Waals surface area contributed by atoms with Crippen LogP contribution < -0.4 is 5.32 Å². The highest BCUT2D eigenvalue weighted by atomic mass is 19.1. The first-order valence-electron chi connectivity index (χ1n) is 6.94. The van der Waals surface area contributed by atoms with Crippen LogP contribution in [0.5, 0.6) is 0 Å². The summed E-state index contributed by atoms with van der Waals surface area (Å²) in [4.78, 5) is 0. The minimum atomic E-state index is -0.554. The van der Waals surface area contributed by atoms with Crippen molar-refractivity contribution in [3.63, 3.8) is 0 Å². The number of hydrogen-bond acceptors (Lipinski definition) is 1. The first kappa shape index (κ1) is 14.7. The molecule has 1 atom stereocenters. The van der Waals surface area contributed by atoms with Gasteiger partial charge in [0.2, 0.25) is 0 Å². The first-order chi connectivity index (χ1) is 9.65. The van der Waals surface area contributed by atoms with Crippen molar-refractivity contribution in [1.82, 2.24) is 5.32 Å². The second-order valence-electron chi connectivity index (χ2n) is 4.77. The third-order valence-corrected chi connectivity index (χ3v) is 3.39. The van der Waals surface area contributed by atoms with E-state index >= 15 is 0 Å².